The van der Waals surface area contributed by atoms with Gasteiger partial charge in [0.1, 0.15) is 11.7 Å². The maximum atomic E-state index is 13.8. The lowest BCUT2D eigenvalue weighted by atomic mass is 9.80. The molecule has 1 saturated heterocycles. The SMILES string of the molecule is O=C(OC1C(O)OC(COC(c2ccccc2)(c2ccccc2)c2ccccc2)C(OC(=O)c2ccccc2)C1OC(=O)c1ccccc1)c1ccccc1. The molecule has 5 unspecified atom stereocenters. The molecule has 6 aromatic carbocycles. The summed E-state index contributed by atoms with van der Waals surface area (Å²) in [7, 11) is 0. The van der Waals surface area contributed by atoms with Crippen LogP contribution in [0.1, 0.15) is 47.8 Å². The Labute approximate surface area is 318 Å². The Balaban J connectivity index is 1.31. The highest BCUT2D eigenvalue weighted by atomic mass is 16.7. The van der Waals surface area contributed by atoms with Crippen LogP contribution in [0.2, 0.25) is 0 Å². The number of aliphatic hydroxyl groups excluding tert-OH is 1. The lowest BCUT2D eigenvalue weighted by molar-refractivity contribution is -0.289. The molecule has 9 nitrogen and oxygen atoms in total. The highest BCUT2D eigenvalue weighted by molar-refractivity contribution is 5.91. The van der Waals surface area contributed by atoms with Gasteiger partial charge in [-0.25, -0.2) is 14.4 Å². The Morgan fingerprint density at radius 3 is 1.13 bits per heavy atom. The molecule has 0 saturated carbocycles. The van der Waals surface area contributed by atoms with Gasteiger partial charge < -0.3 is 28.8 Å². The van der Waals surface area contributed by atoms with Crippen molar-refractivity contribution in [3.8, 4) is 0 Å². The lowest BCUT2D eigenvalue weighted by Gasteiger charge is -2.44. The number of carbonyl (C=O) groups excluding carboxylic acids is 3. The average Bonchev–Trinajstić information content (AvgIpc) is 3.25. The van der Waals surface area contributed by atoms with E-state index in [0.29, 0.717) is 0 Å². The second-order valence-electron chi connectivity index (χ2n) is 12.9. The summed E-state index contributed by atoms with van der Waals surface area (Å²) in [5.41, 5.74) is 1.75. The number of ether oxygens (including phenoxy) is 5. The average molecular weight is 735 g/mol. The first-order valence-corrected chi connectivity index (χ1v) is 17.9. The normalized spacial score (nSPS) is 19.5. The Morgan fingerprint density at radius 1 is 0.455 bits per heavy atom. The highest BCUT2D eigenvalue weighted by Gasteiger charge is 2.53. The van der Waals surface area contributed by atoms with Crippen molar-refractivity contribution < 1.29 is 43.2 Å². The van der Waals surface area contributed by atoms with Gasteiger partial charge in [-0.1, -0.05) is 146 Å². The van der Waals surface area contributed by atoms with Gasteiger partial charge in [0, 0.05) is 0 Å². The second kappa shape index (κ2) is 17.2. The summed E-state index contributed by atoms with van der Waals surface area (Å²) >= 11 is 0. The molecule has 276 valence electrons. The van der Waals surface area contributed by atoms with E-state index in [9.17, 15) is 19.5 Å². The largest absolute Gasteiger partial charge is 0.452 e. The zero-order valence-electron chi connectivity index (χ0n) is 29.6. The van der Waals surface area contributed by atoms with E-state index in [4.69, 9.17) is 23.7 Å². The van der Waals surface area contributed by atoms with E-state index in [1.54, 1.807) is 91.0 Å². The van der Waals surface area contributed by atoms with Gasteiger partial charge in [-0.2, -0.15) is 0 Å². The first-order valence-electron chi connectivity index (χ1n) is 17.9. The molecule has 1 aliphatic rings. The molecule has 55 heavy (non-hydrogen) atoms. The van der Waals surface area contributed by atoms with E-state index in [2.05, 4.69) is 0 Å². The molecule has 0 bridgehead atoms. The minimum atomic E-state index is -1.83. The van der Waals surface area contributed by atoms with E-state index >= 15 is 0 Å². The van der Waals surface area contributed by atoms with Crippen molar-refractivity contribution in [3.05, 3.63) is 215 Å². The fourth-order valence-electron chi connectivity index (χ4n) is 6.70. The fraction of sp³-hybridized carbons (Fsp3) is 0.152. The Hall–Kier alpha value is -6.39. The van der Waals surface area contributed by atoms with Gasteiger partial charge in [0.05, 0.1) is 23.3 Å². The molecule has 1 aliphatic heterocycles. The Morgan fingerprint density at radius 2 is 0.764 bits per heavy atom. The van der Waals surface area contributed by atoms with Crippen LogP contribution in [0, 0.1) is 0 Å². The lowest BCUT2D eigenvalue weighted by Crippen LogP contribution is -2.62. The molecule has 5 atom stereocenters. The zero-order valence-corrected chi connectivity index (χ0v) is 29.6. The van der Waals surface area contributed by atoms with Gasteiger partial charge in [-0.05, 0) is 53.1 Å². The minimum absolute atomic E-state index is 0.185. The summed E-state index contributed by atoms with van der Waals surface area (Å²) in [6.45, 7) is -0.290. The first-order chi connectivity index (χ1) is 26.9. The van der Waals surface area contributed by atoms with Gasteiger partial charge >= 0.3 is 17.9 Å². The Bertz CT molecular complexity index is 2050. The number of esters is 3. The van der Waals surface area contributed by atoms with Crippen molar-refractivity contribution in [3.63, 3.8) is 0 Å². The number of hydrogen-bond donors (Lipinski definition) is 1. The molecule has 1 heterocycles. The zero-order chi connectivity index (χ0) is 38.0. The van der Waals surface area contributed by atoms with Crippen LogP contribution < -0.4 is 0 Å². The summed E-state index contributed by atoms with van der Waals surface area (Å²) in [5.74, 6) is -2.37. The van der Waals surface area contributed by atoms with Gasteiger partial charge in [0.15, 0.2) is 24.6 Å². The summed E-state index contributed by atoms with van der Waals surface area (Å²) in [5, 5.41) is 11.7. The predicted molar refractivity (Wildman–Crippen MR) is 203 cm³/mol. The standard InChI is InChI=1S/C46H38O9/c47-42(32-19-7-1-8-20-32)53-39-38(31-51-46(35-25-13-4-14-26-35,36-27-15-5-16-28-36)37-29-17-6-18-30-37)52-45(50)41(55-44(49)34-23-11-3-12-24-34)40(39)54-43(48)33-21-9-2-10-22-33/h1-30,38-41,45,50H,31H2. The molecule has 1 fully saturated rings. The number of aliphatic hydroxyl groups is 1. The summed E-state index contributed by atoms with van der Waals surface area (Å²) in [4.78, 5) is 41.0. The molecule has 7 rings (SSSR count). The monoisotopic (exact) mass is 734 g/mol. The van der Waals surface area contributed by atoms with Crippen molar-refractivity contribution in [2.24, 2.45) is 0 Å². The third-order valence-electron chi connectivity index (χ3n) is 9.37. The van der Waals surface area contributed by atoms with Crippen LogP contribution in [-0.4, -0.2) is 60.3 Å². The summed E-state index contributed by atoms with van der Waals surface area (Å²) < 4.78 is 31.3. The van der Waals surface area contributed by atoms with E-state index in [1.165, 1.54) is 0 Å². The number of hydrogen-bond acceptors (Lipinski definition) is 9. The third-order valence-corrected chi connectivity index (χ3v) is 9.37. The van der Waals surface area contributed by atoms with E-state index < -0.39 is 54.2 Å². The summed E-state index contributed by atoms with van der Waals surface area (Å²) in [6.07, 6.45) is -7.70. The molecule has 6 aromatic rings. The molecule has 0 aromatic heterocycles. The van der Waals surface area contributed by atoms with E-state index in [1.807, 2.05) is 91.0 Å². The minimum Gasteiger partial charge on any atom is -0.452 e. The highest BCUT2D eigenvalue weighted by Crippen LogP contribution is 2.41. The van der Waals surface area contributed by atoms with Crippen LogP contribution in [0.5, 0.6) is 0 Å². The number of rotatable bonds is 12. The molecule has 0 spiro atoms. The molecule has 0 aliphatic carbocycles. The quantitative estimate of drug-likeness (QED) is 0.0781. The summed E-state index contributed by atoms with van der Waals surface area (Å²) in [6, 6.07) is 53.5. The molecule has 1 N–H and O–H groups in total. The maximum absolute atomic E-state index is 13.8. The molecule has 9 heteroatoms. The molecule has 0 radical (unpaired) electrons. The van der Waals surface area contributed by atoms with Crippen LogP contribution in [0.25, 0.3) is 0 Å². The topological polar surface area (TPSA) is 118 Å². The smallest absolute Gasteiger partial charge is 0.338 e. The van der Waals surface area contributed by atoms with E-state index in [0.717, 1.165) is 16.7 Å². The van der Waals surface area contributed by atoms with Crippen molar-refractivity contribution in [2.75, 3.05) is 6.61 Å². The van der Waals surface area contributed by atoms with Crippen LogP contribution in [0.15, 0.2) is 182 Å². The molecular weight excluding hydrogens is 696 g/mol. The number of carbonyl (C=O) groups is 3. The third kappa shape index (κ3) is 8.24. The van der Waals surface area contributed by atoms with Crippen molar-refractivity contribution in [1.29, 1.82) is 0 Å². The van der Waals surface area contributed by atoms with Gasteiger partial charge in [0.25, 0.3) is 0 Å². The number of benzene rings is 6. The van der Waals surface area contributed by atoms with Crippen molar-refractivity contribution in [2.45, 2.75) is 36.3 Å². The van der Waals surface area contributed by atoms with Crippen LogP contribution in [0.3, 0.4) is 0 Å². The maximum Gasteiger partial charge on any atom is 0.338 e. The van der Waals surface area contributed by atoms with Gasteiger partial charge in [-0.3, -0.25) is 0 Å². The van der Waals surface area contributed by atoms with Gasteiger partial charge in [-0.15, -0.1) is 0 Å². The molecular formula is C46H38O9. The molecule has 0 amide bonds. The second-order valence-corrected chi connectivity index (χ2v) is 12.9. The van der Waals surface area contributed by atoms with Crippen LogP contribution >= 0.6 is 0 Å². The van der Waals surface area contributed by atoms with Crippen molar-refractivity contribution in [1.82, 2.24) is 0 Å². The fourth-order valence-corrected chi connectivity index (χ4v) is 6.70. The van der Waals surface area contributed by atoms with Crippen molar-refractivity contribution >= 4 is 17.9 Å². The first kappa shape index (κ1) is 36.9. The predicted octanol–water partition coefficient (Wildman–Crippen LogP) is 7.39. The van der Waals surface area contributed by atoms with Gasteiger partial charge in [0.2, 0.25) is 0 Å². The Kier molecular flexibility index (Phi) is 11.5. The van der Waals surface area contributed by atoms with E-state index in [-0.39, 0.29) is 23.3 Å². The van der Waals surface area contributed by atoms with Crippen LogP contribution in [0.4, 0.5) is 0 Å². The van der Waals surface area contributed by atoms with Crippen LogP contribution in [-0.2, 0) is 29.3 Å².